The summed E-state index contributed by atoms with van der Waals surface area (Å²) >= 11 is 5.98. The van der Waals surface area contributed by atoms with Gasteiger partial charge in [0.2, 0.25) is 5.91 Å². The summed E-state index contributed by atoms with van der Waals surface area (Å²) in [6.07, 6.45) is 0. The molecule has 2 rings (SSSR count). The lowest BCUT2D eigenvalue weighted by Gasteiger charge is -2.32. The van der Waals surface area contributed by atoms with E-state index in [1.165, 1.54) is 23.1 Å². The van der Waals surface area contributed by atoms with Crippen molar-refractivity contribution in [3.05, 3.63) is 38.9 Å². The lowest BCUT2D eigenvalue weighted by Crippen LogP contribution is -2.57. The van der Waals surface area contributed by atoms with Crippen LogP contribution in [0.2, 0.25) is 5.02 Å². The molecule has 1 heterocycles. The Hall–Kier alpha value is -2.19. The van der Waals surface area contributed by atoms with Crippen LogP contribution in [-0.2, 0) is 16.1 Å². The molecule has 112 valence electrons. The van der Waals surface area contributed by atoms with Gasteiger partial charge in [0.15, 0.2) is 0 Å². The smallest absolute Gasteiger partial charge is 0.322 e. The van der Waals surface area contributed by atoms with Crippen LogP contribution in [0.1, 0.15) is 5.56 Å². The molecule has 0 aliphatic carbocycles. The second-order valence-corrected chi connectivity index (χ2v) is 4.96. The van der Waals surface area contributed by atoms with Crippen molar-refractivity contribution in [3.63, 3.8) is 0 Å². The fourth-order valence-corrected chi connectivity index (χ4v) is 2.41. The normalized spacial score (nSPS) is 19.1. The van der Waals surface area contributed by atoms with E-state index in [-0.39, 0.29) is 41.8 Å². The number of aliphatic carboxylic acids is 1. The Morgan fingerprint density at radius 1 is 1.57 bits per heavy atom. The van der Waals surface area contributed by atoms with Gasteiger partial charge in [0.25, 0.3) is 5.69 Å². The van der Waals surface area contributed by atoms with Gasteiger partial charge < -0.3 is 10.4 Å². The first-order valence-corrected chi connectivity index (χ1v) is 6.43. The zero-order chi connectivity index (χ0) is 15.6. The summed E-state index contributed by atoms with van der Waals surface area (Å²) in [7, 11) is 0. The largest absolute Gasteiger partial charge is 0.480 e. The molecule has 1 aliphatic heterocycles. The third kappa shape index (κ3) is 3.29. The highest BCUT2D eigenvalue weighted by molar-refractivity contribution is 6.31. The summed E-state index contributed by atoms with van der Waals surface area (Å²) in [5.74, 6) is -1.44. The highest BCUT2D eigenvalue weighted by Crippen LogP contribution is 2.28. The average molecular weight is 314 g/mol. The van der Waals surface area contributed by atoms with E-state index in [2.05, 4.69) is 5.32 Å². The fraction of sp³-hybridized carbons (Fsp3) is 0.333. The molecule has 1 fully saturated rings. The van der Waals surface area contributed by atoms with E-state index in [1.807, 2.05) is 0 Å². The third-order valence-electron chi connectivity index (χ3n) is 3.22. The van der Waals surface area contributed by atoms with Crippen molar-refractivity contribution in [2.45, 2.75) is 12.6 Å². The zero-order valence-corrected chi connectivity index (χ0v) is 11.5. The van der Waals surface area contributed by atoms with Gasteiger partial charge in [0.05, 0.1) is 22.1 Å². The quantitative estimate of drug-likeness (QED) is 0.623. The lowest BCUT2D eigenvalue weighted by molar-refractivity contribution is -0.385. The number of hydrogen-bond acceptors (Lipinski definition) is 5. The summed E-state index contributed by atoms with van der Waals surface area (Å²) in [5.41, 5.74) is 0.00253. The summed E-state index contributed by atoms with van der Waals surface area (Å²) in [6.45, 7) is -0.286. The maximum atomic E-state index is 11.4. The van der Waals surface area contributed by atoms with E-state index < -0.39 is 16.9 Å². The van der Waals surface area contributed by atoms with Gasteiger partial charge in [-0.1, -0.05) is 17.7 Å². The molecule has 8 nitrogen and oxygen atoms in total. The van der Waals surface area contributed by atoms with E-state index >= 15 is 0 Å². The zero-order valence-electron chi connectivity index (χ0n) is 10.8. The molecule has 1 aromatic carbocycles. The van der Waals surface area contributed by atoms with Gasteiger partial charge in [-0.15, -0.1) is 0 Å². The monoisotopic (exact) mass is 313 g/mol. The van der Waals surface area contributed by atoms with Gasteiger partial charge >= 0.3 is 5.97 Å². The molecule has 1 aromatic rings. The molecular weight excluding hydrogens is 302 g/mol. The highest BCUT2D eigenvalue weighted by atomic mass is 35.5. The van der Waals surface area contributed by atoms with E-state index in [1.54, 1.807) is 0 Å². The maximum Gasteiger partial charge on any atom is 0.322 e. The van der Waals surface area contributed by atoms with Crippen molar-refractivity contribution in [1.29, 1.82) is 0 Å². The Bertz CT molecular complexity index is 607. The van der Waals surface area contributed by atoms with E-state index in [9.17, 15) is 19.7 Å². The first kappa shape index (κ1) is 15.2. The SMILES string of the molecule is O=C1CN(Cc2c(Cl)cccc2[N+](=O)[O-])C(C(=O)O)CN1. The Morgan fingerprint density at radius 3 is 2.90 bits per heavy atom. The topological polar surface area (TPSA) is 113 Å². The molecule has 0 spiro atoms. The standard InChI is InChI=1S/C12H12ClN3O5/c13-8-2-1-3-9(16(20)21)7(8)5-15-6-11(17)14-4-10(15)12(18)19/h1-3,10H,4-6H2,(H,14,17)(H,18,19). The van der Waals surface area contributed by atoms with Gasteiger partial charge in [0.1, 0.15) is 6.04 Å². The number of carboxylic acid groups (broad SMARTS) is 1. The van der Waals surface area contributed by atoms with Crippen LogP contribution in [0.3, 0.4) is 0 Å². The molecule has 0 bridgehead atoms. The first-order chi connectivity index (χ1) is 9.90. The van der Waals surface area contributed by atoms with Crippen molar-refractivity contribution in [2.75, 3.05) is 13.1 Å². The van der Waals surface area contributed by atoms with Gasteiger partial charge in [-0.25, -0.2) is 0 Å². The number of carbonyl (C=O) groups is 2. The van der Waals surface area contributed by atoms with E-state index in [4.69, 9.17) is 16.7 Å². The average Bonchev–Trinajstić information content (AvgIpc) is 2.40. The van der Waals surface area contributed by atoms with Crippen molar-refractivity contribution < 1.29 is 19.6 Å². The Morgan fingerprint density at radius 2 is 2.29 bits per heavy atom. The molecule has 1 aliphatic rings. The van der Waals surface area contributed by atoms with Gasteiger partial charge in [-0.3, -0.25) is 24.6 Å². The van der Waals surface area contributed by atoms with E-state index in [0.29, 0.717) is 0 Å². The van der Waals surface area contributed by atoms with Gasteiger partial charge in [0, 0.05) is 19.2 Å². The molecule has 0 saturated carbocycles. The third-order valence-corrected chi connectivity index (χ3v) is 3.57. The van der Waals surface area contributed by atoms with Crippen LogP contribution < -0.4 is 5.32 Å². The highest BCUT2D eigenvalue weighted by Gasteiger charge is 2.33. The van der Waals surface area contributed by atoms with Gasteiger partial charge in [-0.05, 0) is 6.07 Å². The molecule has 0 radical (unpaired) electrons. The number of nitro groups is 1. The molecule has 9 heteroatoms. The van der Waals surface area contributed by atoms with Crippen LogP contribution in [0.4, 0.5) is 5.69 Å². The number of nitrogens with one attached hydrogen (secondary N) is 1. The Balaban J connectivity index is 2.33. The van der Waals surface area contributed by atoms with Crippen LogP contribution >= 0.6 is 11.6 Å². The summed E-state index contributed by atoms with van der Waals surface area (Å²) in [5, 5.41) is 22.8. The molecule has 1 atom stereocenters. The molecular formula is C12H12ClN3O5. The number of halogens is 1. The Labute approximate surface area is 124 Å². The summed E-state index contributed by atoms with van der Waals surface area (Å²) < 4.78 is 0. The number of benzene rings is 1. The van der Waals surface area contributed by atoms with Crippen LogP contribution in [0.5, 0.6) is 0 Å². The number of nitro benzene ring substituents is 1. The van der Waals surface area contributed by atoms with Crippen molar-refractivity contribution >= 4 is 29.2 Å². The van der Waals surface area contributed by atoms with Crippen LogP contribution in [0, 0.1) is 10.1 Å². The van der Waals surface area contributed by atoms with Crippen LogP contribution in [-0.4, -0.2) is 45.9 Å². The number of carboxylic acids is 1. The van der Waals surface area contributed by atoms with Crippen molar-refractivity contribution in [1.82, 2.24) is 10.2 Å². The molecule has 2 N–H and O–H groups in total. The number of hydrogen-bond donors (Lipinski definition) is 2. The molecule has 1 saturated heterocycles. The predicted molar refractivity (Wildman–Crippen MR) is 72.9 cm³/mol. The Kier molecular flexibility index (Phi) is 4.39. The van der Waals surface area contributed by atoms with E-state index in [0.717, 1.165) is 0 Å². The van der Waals surface area contributed by atoms with Crippen LogP contribution in [0.25, 0.3) is 0 Å². The number of nitrogens with zero attached hydrogens (tertiary/aromatic N) is 2. The molecule has 1 amide bonds. The fourth-order valence-electron chi connectivity index (χ4n) is 2.18. The molecule has 0 aromatic heterocycles. The van der Waals surface area contributed by atoms with Crippen molar-refractivity contribution in [3.8, 4) is 0 Å². The first-order valence-electron chi connectivity index (χ1n) is 6.05. The second-order valence-electron chi connectivity index (χ2n) is 4.56. The second kappa shape index (κ2) is 6.06. The number of piperazine rings is 1. The minimum Gasteiger partial charge on any atom is -0.480 e. The van der Waals surface area contributed by atoms with Gasteiger partial charge in [-0.2, -0.15) is 0 Å². The minimum atomic E-state index is -1.11. The summed E-state index contributed by atoms with van der Waals surface area (Å²) in [6, 6.07) is 3.28. The number of carbonyl (C=O) groups excluding carboxylic acids is 1. The predicted octanol–water partition coefficient (Wildman–Crippen LogP) is 0.633. The number of amides is 1. The number of rotatable bonds is 4. The summed E-state index contributed by atoms with van der Waals surface area (Å²) in [4.78, 5) is 34.4. The van der Waals surface area contributed by atoms with Crippen molar-refractivity contribution in [2.24, 2.45) is 0 Å². The van der Waals surface area contributed by atoms with Crippen LogP contribution in [0.15, 0.2) is 18.2 Å². The maximum absolute atomic E-state index is 11.4. The minimum absolute atomic E-state index is 0.0492. The lowest BCUT2D eigenvalue weighted by atomic mass is 10.1. The molecule has 21 heavy (non-hydrogen) atoms. The molecule has 1 unspecified atom stereocenters.